The number of hydrogen-bond acceptors (Lipinski definition) is 5. The molecule has 7 nitrogen and oxygen atoms in total. The zero-order chi connectivity index (χ0) is 15.1. The minimum atomic E-state index is -0.607. The van der Waals surface area contributed by atoms with Crippen molar-refractivity contribution in [2.75, 3.05) is 13.2 Å². The Labute approximate surface area is 119 Å². The van der Waals surface area contributed by atoms with E-state index in [0.29, 0.717) is 0 Å². The first-order chi connectivity index (χ1) is 9.51. The Morgan fingerprint density at radius 2 is 2.10 bits per heavy atom. The smallest absolute Gasteiger partial charge is 0.303 e. The number of carbonyl (C=O) groups excluding carboxylic acids is 1. The van der Waals surface area contributed by atoms with E-state index in [1.54, 1.807) is 0 Å². The third-order valence-corrected chi connectivity index (χ3v) is 3.75. The molecule has 1 saturated heterocycles. The Morgan fingerprint density at radius 3 is 2.65 bits per heavy atom. The number of hydrogen-bond donors (Lipinski definition) is 0. The van der Waals surface area contributed by atoms with Gasteiger partial charge in [0.1, 0.15) is 0 Å². The van der Waals surface area contributed by atoms with Gasteiger partial charge in [0.15, 0.2) is 12.4 Å². The Morgan fingerprint density at radius 1 is 1.40 bits per heavy atom. The molecule has 0 saturated carbocycles. The zero-order valence-corrected chi connectivity index (χ0v) is 12.5. The number of nitrogens with zero attached hydrogens (tertiary/aromatic N) is 3. The lowest BCUT2D eigenvalue weighted by Crippen LogP contribution is -2.52. The van der Waals surface area contributed by atoms with Crippen molar-refractivity contribution in [2.24, 2.45) is 17.0 Å². The van der Waals surface area contributed by atoms with Crippen molar-refractivity contribution in [3.05, 3.63) is 10.4 Å². The molecule has 0 N–H and O–H groups in total. The molecule has 0 radical (unpaired) electrons. The average molecular weight is 285 g/mol. The normalized spacial score (nSPS) is 33.3. The van der Waals surface area contributed by atoms with Crippen LogP contribution in [0.25, 0.3) is 10.4 Å². The van der Waals surface area contributed by atoms with Crippen LogP contribution in [0.5, 0.6) is 0 Å². The Balaban J connectivity index is 2.72. The number of azide groups is 1. The molecular formula is C13H23N3O4. The van der Waals surface area contributed by atoms with E-state index in [2.05, 4.69) is 23.9 Å². The molecule has 0 aromatic carbocycles. The van der Waals surface area contributed by atoms with Crippen molar-refractivity contribution < 1.29 is 19.0 Å². The highest BCUT2D eigenvalue weighted by Crippen LogP contribution is 2.34. The maximum Gasteiger partial charge on any atom is 0.303 e. The standard InChI is InChI=1S/C13H23N3O4/c1-5-11-8(2)9(3)12(19-10(4)17)13(20-11)18-7-6-15-16-14/h8-9,11-13H,5-7H2,1-4H3. The molecule has 0 bridgehead atoms. The summed E-state index contributed by atoms with van der Waals surface area (Å²) < 4.78 is 16.8. The van der Waals surface area contributed by atoms with E-state index >= 15 is 0 Å². The van der Waals surface area contributed by atoms with Gasteiger partial charge in [0.25, 0.3) is 0 Å². The third-order valence-electron chi connectivity index (χ3n) is 3.75. The second-order valence-electron chi connectivity index (χ2n) is 5.07. The SMILES string of the molecule is CCC1OC(OCCN=[N+]=[N-])C(OC(C)=O)C(C)C1C. The van der Waals surface area contributed by atoms with E-state index < -0.39 is 12.4 Å². The van der Waals surface area contributed by atoms with Crippen LogP contribution in [0.4, 0.5) is 0 Å². The van der Waals surface area contributed by atoms with Gasteiger partial charge in [0, 0.05) is 24.3 Å². The van der Waals surface area contributed by atoms with E-state index in [9.17, 15) is 4.79 Å². The van der Waals surface area contributed by atoms with Gasteiger partial charge in [-0.25, -0.2) is 0 Å². The van der Waals surface area contributed by atoms with Crippen molar-refractivity contribution in [2.45, 2.75) is 52.6 Å². The molecule has 1 fully saturated rings. The average Bonchev–Trinajstić information content (AvgIpc) is 2.41. The van der Waals surface area contributed by atoms with Crippen molar-refractivity contribution >= 4 is 5.97 Å². The first-order valence-electron chi connectivity index (χ1n) is 6.96. The van der Waals surface area contributed by atoms with E-state index in [-0.39, 0.29) is 37.1 Å². The van der Waals surface area contributed by atoms with Crippen molar-refractivity contribution in [3.63, 3.8) is 0 Å². The molecule has 1 aliphatic rings. The minimum Gasteiger partial charge on any atom is -0.457 e. The topological polar surface area (TPSA) is 93.5 Å². The summed E-state index contributed by atoms with van der Waals surface area (Å²) in [5.74, 6) is 0.0691. The van der Waals surface area contributed by atoms with Crippen LogP contribution >= 0.6 is 0 Å². The van der Waals surface area contributed by atoms with Gasteiger partial charge in [-0.1, -0.05) is 25.9 Å². The van der Waals surface area contributed by atoms with Crippen LogP contribution in [0.1, 0.15) is 34.1 Å². The molecule has 1 heterocycles. The molecule has 0 spiro atoms. The lowest BCUT2D eigenvalue weighted by molar-refractivity contribution is -0.274. The molecule has 0 aromatic heterocycles. The van der Waals surface area contributed by atoms with E-state index in [4.69, 9.17) is 19.7 Å². The van der Waals surface area contributed by atoms with Crippen molar-refractivity contribution in [3.8, 4) is 0 Å². The van der Waals surface area contributed by atoms with E-state index in [0.717, 1.165) is 6.42 Å². The van der Waals surface area contributed by atoms with Gasteiger partial charge in [0.05, 0.1) is 12.7 Å². The van der Waals surface area contributed by atoms with Crippen molar-refractivity contribution in [1.29, 1.82) is 0 Å². The van der Waals surface area contributed by atoms with Gasteiger partial charge in [-0.2, -0.15) is 0 Å². The van der Waals surface area contributed by atoms with Crippen molar-refractivity contribution in [1.82, 2.24) is 0 Å². The molecular weight excluding hydrogens is 262 g/mol. The van der Waals surface area contributed by atoms with Crippen LogP contribution < -0.4 is 0 Å². The highest BCUT2D eigenvalue weighted by molar-refractivity contribution is 5.66. The van der Waals surface area contributed by atoms with Gasteiger partial charge in [-0.3, -0.25) is 4.79 Å². The van der Waals surface area contributed by atoms with Crippen LogP contribution in [0.15, 0.2) is 5.11 Å². The fourth-order valence-corrected chi connectivity index (χ4v) is 2.47. The summed E-state index contributed by atoms with van der Waals surface area (Å²) in [5.41, 5.74) is 8.23. The first-order valence-corrected chi connectivity index (χ1v) is 6.96. The molecule has 1 rings (SSSR count). The predicted molar refractivity (Wildman–Crippen MR) is 72.8 cm³/mol. The van der Waals surface area contributed by atoms with Gasteiger partial charge < -0.3 is 14.2 Å². The zero-order valence-electron chi connectivity index (χ0n) is 12.5. The second kappa shape index (κ2) is 8.09. The largest absolute Gasteiger partial charge is 0.457 e. The third kappa shape index (κ3) is 4.37. The summed E-state index contributed by atoms with van der Waals surface area (Å²) in [7, 11) is 0. The van der Waals surface area contributed by atoms with Gasteiger partial charge in [-0.15, -0.1) is 0 Å². The van der Waals surface area contributed by atoms with E-state index in [1.165, 1.54) is 6.92 Å². The second-order valence-corrected chi connectivity index (χ2v) is 5.07. The highest BCUT2D eigenvalue weighted by Gasteiger charge is 2.43. The maximum absolute atomic E-state index is 11.2. The monoisotopic (exact) mass is 285 g/mol. The lowest BCUT2D eigenvalue weighted by Gasteiger charge is -2.43. The Kier molecular flexibility index (Phi) is 6.78. The molecule has 20 heavy (non-hydrogen) atoms. The van der Waals surface area contributed by atoms with Crippen LogP contribution in [-0.2, 0) is 19.0 Å². The number of ether oxygens (including phenoxy) is 3. The minimum absolute atomic E-state index is 0.0706. The predicted octanol–water partition coefficient (Wildman–Crippen LogP) is 2.65. The summed E-state index contributed by atoms with van der Waals surface area (Å²) >= 11 is 0. The molecule has 5 unspecified atom stereocenters. The number of carbonyl (C=O) groups is 1. The molecule has 5 atom stereocenters. The molecule has 0 aromatic rings. The molecule has 7 heteroatoms. The summed E-state index contributed by atoms with van der Waals surface area (Å²) in [5, 5.41) is 3.41. The molecule has 0 amide bonds. The Bertz CT molecular complexity index is 371. The quantitative estimate of drug-likeness (QED) is 0.246. The summed E-state index contributed by atoms with van der Waals surface area (Å²) in [4.78, 5) is 13.9. The summed E-state index contributed by atoms with van der Waals surface area (Å²) in [6.07, 6.45) is -0.101. The fraction of sp³-hybridized carbons (Fsp3) is 0.923. The van der Waals surface area contributed by atoms with E-state index in [1.807, 2.05) is 6.92 Å². The molecule has 114 valence electrons. The fourth-order valence-electron chi connectivity index (χ4n) is 2.47. The van der Waals surface area contributed by atoms with Gasteiger partial charge in [0.2, 0.25) is 0 Å². The number of esters is 1. The van der Waals surface area contributed by atoms with Crippen LogP contribution in [0.3, 0.4) is 0 Å². The maximum atomic E-state index is 11.2. The van der Waals surface area contributed by atoms with Gasteiger partial charge in [-0.05, 0) is 17.9 Å². The Hall–Kier alpha value is -1.30. The van der Waals surface area contributed by atoms with Crippen LogP contribution in [0, 0.1) is 11.8 Å². The number of rotatable bonds is 6. The van der Waals surface area contributed by atoms with Gasteiger partial charge >= 0.3 is 5.97 Å². The summed E-state index contributed by atoms with van der Waals surface area (Å²) in [6.45, 7) is 8.02. The first kappa shape index (κ1) is 16.8. The molecule has 0 aliphatic carbocycles. The highest BCUT2D eigenvalue weighted by atomic mass is 16.7. The molecule has 1 aliphatic heterocycles. The summed E-state index contributed by atoms with van der Waals surface area (Å²) in [6, 6.07) is 0. The van der Waals surface area contributed by atoms with Crippen LogP contribution in [-0.4, -0.2) is 37.6 Å². The lowest BCUT2D eigenvalue weighted by atomic mass is 9.82. The van der Waals surface area contributed by atoms with Crippen LogP contribution in [0.2, 0.25) is 0 Å².